The van der Waals surface area contributed by atoms with E-state index in [1.165, 1.54) is 17.1 Å². The van der Waals surface area contributed by atoms with Gasteiger partial charge >= 0.3 is 0 Å². The summed E-state index contributed by atoms with van der Waals surface area (Å²) in [6.07, 6.45) is 5.83. The summed E-state index contributed by atoms with van der Waals surface area (Å²) < 4.78 is 1.41. The third-order valence-electron chi connectivity index (χ3n) is 3.63. The smallest absolute Gasteiger partial charge is 0.0613 e. The SMILES string of the molecule is CCCNC1(CO)CCCC(Sc2cccs2)C1. The van der Waals surface area contributed by atoms with Gasteiger partial charge in [0, 0.05) is 10.8 Å². The van der Waals surface area contributed by atoms with Crippen molar-refractivity contribution >= 4 is 23.1 Å². The molecule has 2 rings (SSSR count). The molecule has 2 nitrogen and oxygen atoms in total. The highest BCUT2D eigenvalue weighted by molar-refractivity contribution is 8.01. The minimum Gasteiger partial charge on any atom is -0.394 e. The Balaban J connectivity index is 1.93. The summed E-state index contributed by atoms with van der Waals surface area (Å²) in [5, 5.41) is 16.1. The second-order valence-corrected chi connectivity index (χ2v) is 7.68. The lowest BCUT2D eigenvalue weighted by Gasteiger charge is -2.40. The van der Waals surface area contributed by atoms with Crippen LogP contribution in [0.5, 0.6) is 0 Å². The lowest BCUT2D eigenvalue weighted by Crippen LogP contribution is -2.52. The monoisotopic (exact) mass is 285 g/mol. The van der Waals surface area contributed by atoms with Crippen molar-refractivity contribution in [1.29, 1.82) is 0 Å². The minimum absolute atomic E-state index is 0.0246. The van der Waals surface area contributed by atoms with E-state index in [1.54, 1.807) is 0 Å². The van der Waals surface area contributed by atoms with Gasteiger partial charge in [-0.25, -0.2) is 0 Å². The van der Waals surface area contributed by atoms with E-state index in [0.717, 1.165) is 25.8 Å². The molecule has 1 aromatic heterocycles. The maximum absolute atomic E-state index is 9.74. The van der Waals surface area contributed by atoms with Gasteiger partial charge in [-0.1, -0.05) is 19.4 Å². The van der Waals surface area contributed by atoms with Crippen molar-refractivity contribution in [2.24, 2.45) is 0 Å². The Morgan fingerprint density at radius 3 is 3.17 bits per heavy atom. The number of thiophene rings is 1. The van der Waals surface area contributed by atoms with Gasteiger partial charge in [0.05, 0.1) is 10.8 Å². The quantitative estimate of drug-likeness (QED) is 0.839. The predicted octanol–water partition coefficient (Wildman–Crippen LogP) is 3.51. The van der Waals surface area contributed by atoms with Gasteiger partial charge in [0.15, 0.2) is 0 Å². The zero-order chi connectivity index (χ0) is 12.8. The molecular formula is C14H23NOS2. The van der Waals surface area contributed by atoms with Gasteiger partial charge in [-0.15, -0.1) is 23.1 Å². The number of aliphatic hydroxyl groups is 1. The molecule has 1 fully saturated rings. The summed E-state index contributed by atoms with van der Waals surface area (Å²) in [7, 11) is 0. The number of thioether (sulfide) groups is 1. The molecule has 2 unspecified atom stereocenters. The molecule has 0 spiro atoms. The van der Waals surface area contributed by atoms with E-state index >= 15 is 0 Å². The molecule has 4 heteroatoms. The Morgan fingerprint density at radius 1 is 1.61 bits per heavy atom. The maximum atomic E-state index is 9.74. The first kappa shape index (κ1) is 14.4. The Hall–Kier alpha value is -0.0300. The molecule has 0 radical (unpaired) electrons. The minimum atomic E-state index is -0.0246. The molecule has 0 amide bonds. The lowest BCUT2D eigenvalue weighted by atomic mass is 9.82. The van der Waals surface area contributed by atoms with Crippen molar-refractivity contribution in [2.75, 3.05) is 13.2 Å². The zero-order valence-corrected chi connectivity index (χ0v) is 12.7. The van der Waals surface area contributed by atoms with Crippen LogP contribution in [0.2, 0.25) is 0 Å². The topological polar surface area (TPSA) is 32.3 Å². The van der Waals surface area contributed by atoms with Crippen LogP contribution < -0.4 is 5.32 Å². The Kier molecular flexibility index (Phi) is 5.55. The van der Waals surface area contributed by atoms with Crippen LogP contribution in [0, 0.1) is 0 Å². The number of hydrogen-bond donors (Lipinski definition) is 2. The van der Waals surface area contributed by atoms with Crippen molar-refractivity contribution in [2.45, 2.75) is 54.0 Å². The predicted molar refractivity (Wildman–Crippen MR) is 80.5 cm³/mol. The molecule has 0 aliphatic heterocycles. The summed E-state index contributed by atoms with van der Waals surface area (Å²) in [5.41, 5.74) is -0.0246. The largest absolute Gasteiger partial charge is 0.394 e. The normalized spacial score (nSPS) is 28.4. The zero-order valence-electron chi connectivity index (χ0n) is 11.0. The summed E-state index contributed by atoms with van der Waals surface area (Å²) >= 11 is 3.81. The molecule has 18 heavy (non-hydrogen) atoms. The van der Waals surface area contributed by atoms with E-state index < -0.39 is 0 Å². The number of rotatable bonds is 6. The second-order valence-electron chi connectivity index (χ2n) is 5.13. The maximum Gasteiger partial charge on any atom is 0.0613 e. The standard InChI is InChI=1S/C14H23NOS2/c1-2-8-15-14(11-16)7-3-5-12(10-14)18-13-6-4-9-17-13/h4,6,9,12,15-16H,2-3,5,7-8,10-11H2,1H3. The number of aliphatic hydroxyl groups excluding tert-OH is 1. The molecule has 0 aromatic carbocycles. The first-order valence-electron chi connectivity index (χ1n) is 6.84. The summed E-state index contributed by atoms with van der Waals surface area (Å²) in [4.78, 5) is 0. The van der Waals surface area contributed by atoms with E-state index in [-0.39, 0.29) is 12.1 Å². The summed E-state index contributed by atoms with van der Waals surface area (Å²) in [6, 6.07) is 4.31. The molecule has 1 aliphatic carbocycles. The highest BCUT2D eigenvalue weighted by Crippen LogP contribution is 2.39. The fraction of sp³-hybridized carbons (Fsp3) is 0.714. The fourth-order valence-corrected chi connectivity index (χ4v) is 5.07. The van der Waals surface area contributed by atoms with E-state index in [4.69, 9.17) is 0 Å². The highest BCUT2D eigenvalue weighted by atomic mass is 32.2. The molecule has 1 aromatic rings. The molecule has 0 saturated heterocycles. The van der Waals surface area contributed by atoms with Crippen LogP contribution in [0.25, 0.3) is 0 Å². The van der Waals surface area contributed by atoms with Gasteiger partial charge in [-0.3, -0.25) is 0 Å². The molecule has 2 atom stereocenters. The van der Waals surface area contributed by atoms with E-state index in [2.05, 4.69) is 29.8 Å². The van der Waals surface area contributed by atoms with Gasteiger partial charge in [-0.05, 0) is 43.7 Å². The highest BCUT2D eigenvalue weighted by Gasteiger charge is 2.35. The molecule has 1 heterocycles. The van der Waals surface area contributed by atoms with Crippen molar-refractivity contribution < 1.29 is 5.11 Å². The second kappa shape index (κ2) is 6.94. The molecular weight excluding hydrogens is 262 g/mol. The lowest BCUT2D eigenvalue weighted by molar-refractivity contribution is 0.124. The molecule has 1 saturated carbocycles. The third kappa shape index (κ3) is 3.73. The van der Waals surface area contributed by atoms with Crippen LogP contribution in [0.1, 0.15) is 39.0 Å². The molecule has 102 valence electrons. The Morgan fingerprint density at radius 2 is 2.50 bits per heavy atom. The van der Waals surface area contributed by atoms with E-state index in [0.29, 0.717) is 5.25 Å². The van der Waals surface area contributed by atoms with Crippen molar-refractivity contribution in [3.05, 3.63) is 17.5 Å². The fourth-order valence-electron chi connectivity index (χ4n) is 2.65. The first-order chi connectivity index (χ1) is 8.78. The number of nitrogens with one attached hydrogen (secondary N) is 1. The van der Waals surface area contributed by atoms with Crippen molar-refractivity contribution in [3.63, 3.8) is 0 Å². The molecule has 0 bridgehead atoms. The van der Waals surface area contributed by atoms with Crippen LogP contribution in [0.3, 0.4) is 0 Å². The first-order valence-corrected chi connectivity index (χ1v) is 8.60. The van der Waals surface area contributed by atoms with Crippen LogP contribution in [0.15, 0.2) is 21.7 Å². The molecule has 2 N–H and O–H groups in total. The summed E-state index contributed by atoms with van der Waals surface area (Å²) in [5.74, 6) is 0. The van der Waals surface area contributed by atoms with Gasteiger partial charge < -0.3 is 10.4 Å². The summed E-state index contributed by atoms with van der Waals surface area (Å²) in [6.45, 7) is 3.46. The van der Waals surface area contributed by atoms with Crippen LogP contribution in [0.4, 0.5) is 0 Å². The van der Waals surface area contributed by atoms with E-state index in [9.17, 15) is 5.11 Å². The van der Waals surface area contributed by atoms with Crippen LogP contribution >= 0.6 is 23.1 Å². The Labute approximate surface area is 118 Å². The van der Waals surface area contributed by atoms with Gasteiger partial charge in [0.1, 0.15) is 0 Å². The average Bonchev–Trinajstić information content (AvgIpc) is 2.90. The van der Waals surface area contributed by atoms with Crippen molar-refractivity contribution in [3.8, 4) is 0 Å². The van der Waals surface area contributed by atoms with Gasteiger partial charge in [0.2, 0.25) is 0 Å². The van der Waals surface area contributed by atoms with Gasteiger partial charge in [0.25, 0.3) is 0 Å². The third-order valence-corrected chi connectivity index (χ3v) is 5.97. The van der Waals surface area contributed by atoms with Crippen LogP contribution in [-0.2, 0) is 0 Å². The molecule has 1 aliphatic rings. The van der Waals surface area contributed by atoms with E-state index in [1.807, 2.05) is 23.1 Å². The average molecular weight is 285 g/mol. The van der Waals surface area contributed by atoms with Crippen LogP contribution in [-0.4, -0.2) is 29.0 Å². The van der Waals surface area contributed by atoms with Crippen molar-refractivity contribution in [1.82, 2.24) is 5.32 Å². The number of hydrogen-bond acceptors (Lipinski definition) is 4. The Bertz CT molecular complexity index is 342. The van der Waals surface area contributed by atoms with Gasteiger partial charge in [-0.2, -0.15) is 0 Å².